The molecule has 2 aromatic rings. The smallest absolute Gasteiger partial charge is 0.263 e. The predicted molar refractivity (Wildman–Crippen MR) is 76.8 cm³/mol. The molecular formula is C11H12ClN5O2S. The van der Waals surface area contributed by atoms with Gasteiger partial charge in [-0.1, -0.05) is 11.6 Å². The summed E-state index contributed by atoms with van der Waals surface area (Å²) in [6, 6.07) is 2.83. The molecule has 0 bridgehead atoms. The van der Waals surface area contributed by atoms with E-state index < -0.39 is 10.0 Å². The van der Waals surface area contributed by atoms with E-state index >= 15 is 0 Å². The lowest BCUT2D eigenvalue weighted by atomic mass is 10.3. The molecule has 0 amide bonds. The summed E-state index contributed by atoms with van der Waals surface area (Å²) in [7, 11) is -3.78. The Morgan fingerprint density at radius 2 is 2.10 bits per heavy atom. The molecule has 2 rings (SSSR count). The maximum atomic E-state index is 12.2. The summed E-state index contributed by atoms with van der Waals surface area (Å²) >= 11 is 5.86. The van der Waals surface area contributed by atoms with Crippen LogP contribution in [0.2, 0.25) is 5.02 Å². The summed E-state index contributed by atoms with van der Waals surface area (Å²) in [5, 5.41) is 0.113. The molecule has 2 heterocycles. The molecule has 0 unspecified atom stereocenters. The zero-order valence-corrected chi connectivity index (χ0v) is 12.0. The normalized spacial score (nSPS) is 11.2. The van der Waals surface area contributed by atoms with Crippen LogP contribution in [-0.4, -0.2) is 18.4 Å². The van der Waals surface area contributed by atoms with Crippen LogP contribution < -0.4 is 16.0 Å². The Balaban J connectivity index is 2.36. The van der Waals surface area contributed by atoms with Crippen molar-refractivity contribution in [2.24, 2.45) is 5.84 Å². The average molecular weight is 314 g/mol. The molecule has 9 heteroatoms. The highest BCUT2D eigenvalue weighted by molar-refractivity contribution is 7.92. The minimum atomic E-state index is -3.78. The number of nitrogens with zero attached hydrogens (tertiary/aromatic N) is 2. The number of hydrogen-bond donors (Lipinski definition) is 3. The fourth-order valence-corrected chi connectivity index (χ4v) is 2.85. The Morgan fingerprint density at radius 3 is 2.70 bits per heavy atom. The Morgan fingerprint density at radius 1 is 1.35 bits per heavy atom. The largest absolute Gasteiger partial charge is 0.307 e. The molecule has 0 aliphatic carbocycles. The Labute approximate surface area is 121 Å². The highest BCUT2D eigenvalue weighted by atomic mass is 35.5. The number of anilines is 2. The van der Waals surface area contributed by atoms with Crippen molar-refractivity contribution in [3.05, 3.63) is 41.3 Å². The summed E-state index contributed by atoms with van der Waals surface area (Å²) in [5.41, 5.74) is 3.41. The molecule has 0 saturated heterocycles. The lowest BCUT2D eigenvalue weighted by Crippen LogP contribution is -2.15. The van der Waals surface area contributed by atoms with Gasteiger partial charge in [-0.25, -0.2) is 19.2 Å². The van der Waals surface area contributed by atoms with Crippen LogP contribution in [0.4, 0.5) is 11.5 Å². The van der Waals surface area contributed by atoms with Crippen molar-refractivity contribution in [2.45, 2.75) is 11.8 Å². The fourth-order valence-electron chi connectivity index (χ4n) is 1.47. The first kappa shape index (κ1) is 14.5. The molecule has 0 aliphatic heterocycles. The van der Waals surface area contributed by atoms with Gasteiger partial charge in [0.1, 0.15) is 4.90 Å². The third kappa shape index (κ3) is 2.98. The quantitative estimate of drug-likeness (QED) is 0.583. The van der Waals surface area contributed by atoms with E-state index in [4.69, 9.17) is 17.4 Å². The topological polar surface area (TPSA) is 110 Å². The van der Waals surface area contributed by atoms with Gasteiger partial charge < -0.3 is 5.43 Å². The SMILES string of the molecule is Cc1cnccc1NS(=O)(=O)c1cnc(NN)c(Cl)c1. The number of aromatic nitrogens is 2. The minimum absolute atomic E-state index is 0.0577. The lowest BCUT2D eigenvalue weighted by Gasteiger charge is -2.10. The van der Waals surface area contributed by atoms with Crippen LogP contribution in [-0.2, 0) is 10.0 Å². The standard InChI is InChI=1S/C11H12ClN5O2S/c1-7-5-14-3-2-10(7)17-20(18,19)8-4-9(12)11(16-13)15-6-8/h2-6H,13H2,1H3,(H,14,17)(H,15,16). The zero-order valence-electron chi connectivity index (χ0n) is 10.5. The van der Waals surface area contributed by atoms with Crippen molar-refractivity contribution in [3.63, 3.8) is 0 Å². The summed E-state index contributed by atoms with van der Waals surface area (Å²) in [6.07, 6.45) is 4.22. The molecule has 0 atom stereocenters. The first-order valence-corrected chi connectivity index (χ1v) is 7.36. The lowest BCUT2D eigenvalue weighted by molar-refractivity contribution is 0.601. The highest BCUT2D eigenvalue weighted by Gasteiger charge is 2.17. The number of sulfonamides is 1. The van der Waals surface area contributed by atoms with Gasteiger partial charge in [-0.3, -0.25) is 9.71 Å². The Bertz CT molecular complexity index is 735. The van der Waals surface area contributed by atoms with Gasteiger partial charge in [0.05, 0.1) is 10.7 Å². The van der Waals surface area contributed by atoms with Gasteiger partial charge in [-0.2, -0.15) is 0 Å². The highest BCUT2D eigenvalue weighted by Crippen LogP contribution is 2.24. The second-order valence-corrected chi connectivity index (χ2v) is 6.03. The minimum Gasteiger partial charge on any atom is -0.307 e. The number of hydrazine groups is 1. The average Bonchev–Trinajstić information content (AvgIpc) is 2.41. The zero-order chi connectivity index (χ0) is 14.8. The predicted octanol–water partition coefficient (Wildman–Crippen LogP) is 1.52. The Hall–Kier alpha value is -1.90. The third-order valence-electron chi connectivity index (χ3n) is 2.53. The van der Waals surface area contributed by atoms with Crippen molar-refractivity contribution >= 4 is 33.1 Å². The second-order valence-electron chi connectivity index (χ2n) is 3.94. The molecule has 4 N–H and O–H groups in total. The van der Waals surface area contributed by atoms with Gasteiger partial charge in [0, 0.05) is 18.6 Å². The van der Waals surface area contributed by atoms with E-state index in [0.29, 0.717) is 11.3 Å². The molecule has 7 nitrogen and oxygen atoms in total. The van der Waals surface area contributed by atoms with E-state index in [0.717, 1.165) is 0 Å². The van der Waals surface area contributed by atoms with E-state index in [1.807, 2.05) is 0 Å². The van der Waals surface area contributed by atoms with Crippen molar-refractivity contribution in [3.8, 4) is 0 Å². The first-order chi connectivity index (χ1) is 9.44. The number of nitrogens with two attached hydrogens (primary N) is 1. The number of rotatable bonds is 4. The van der Waals surface area contributed by atoms with Gasteiger partial charge in [-0.05, 0) is 24.6 Å². The first-order valence-electron chi connectivity index (χ1n) is 5.49. The van der Waals surface area contributed by atoms with Crippen LogP contribution in [0.3, 0.4) is 0 Å². The van der Waals surface area contributed by atoms with Crippen LogP contribution in [0.25, 0.3) is 0 Å². The van der Waals surface area contributed by atoms with Crippen LogP contribution in [0, 0.1) is 6.92 Å². The number of nitrogen functional groups attached to an aromatic ring is 1. The monoisotopic (exact) mass is 313 g/mol. The van der Waals surface area contributed by atoms with Crippen LogP contribution >= 0.6 is 11.6 Å². The van der Waals surface area contributed by atoms with E-state index in [2.05, 4.69) is 20.1 Å². The molecular weight excluding hydrogens is 302 g/mol. The maximum absolute atomic E-state index is 12.2. The molecule has 106 valence electrons. The van der Waals surface area contributed by atoms with Crippen LogP contribution in [0.1, 0.15) is 5.56 Å². The van der Waals surface area contributed by atoms with E-state index in [-0.39, 0.29) is 15.7 Å². The molecule has 0 spiro atoms. The summed E-state index contributed by atoms with van der Waals surface area (Å²) in [6.45, 7) is 1.75. The van der Waals surface area contributed by atoms with Gasteiger partial charge in [-0.15, -0.1) is 0 Å². The number of pyridine rings is 2. The van der Waals surface area contributed by atoms with Crippen molar-refractivity contribution < 1.29 is 8.42 Å². The van der Waals surface area contributed by atoms with Gasteiger partial charge >= 0.3 is 0 Å². The summed E-state index contributed by atoms with van der Waals surface area (Å²) in [5.74, 6) is 5.38. The molecule has 2 aromatic heterocycles. The summed E-state index contributed by atoms with van der Waals surface area (Å²) < 4.78 is 26.9. The molecule has 0 aliphatic rings. The van der Waals surface area contributed by atoms with Crippen molar-refractivity contribution in [2.75, 3.05) is 10.1 Å². The number of nitrogens with one attached hydrogen (secondary N) is 2. The van der Waals surface area contributed by atoms with Crippen LogP contribution in [0.15, 0.2) is 35.6 Å². The number of halogens is 1. The summed E-state index contributed by atoms with van der Waals surface area (Å²) in [4.78, 5) is 7.66. The van der Waals surface area contributed by atoms with E-state index in [9.17, 15) is 8.42 Å². The van der Waals surface area contributed by atoms with Gasteiger partial charge in [0.2, 0.25) is 0 Å². The third-order valence-corrected chi connectivity index (χ3v) is 4.15. The molecule has 0 aromatic carbocycles. The van der Waals surface area contributed by atoms with Crippen LogP contribution in [0.5, 0.6) is 0 Å². The van der Waals surface area contributed by atoms with E-state index in [1.54, 1.807) is 19.2 Å². The molecule has 20 heavy (non-hydrogen) atoms. The van der Waals surface area contributed by atoms with Gasteiger partial charge in [0.15, 0.2) is 5.82 Å². The van der Waals surface area contributed by atoms with E-state index in [1.165, 1.54) is 18.5 Å². The van der Waals surface area contributed by atoms with Gasteiger partial charge in [0.25, 0.3) is 10.0 Å². The number of aryl methyl sites for hydroxylation is 1. The molecule has 0 fully saturated rings. The Kier molecular flexibility index (Phi) is 4.07. The van der Waals surface area contributed by atoms with Crippen molar-refractivity contribution in [1.29, 1.82) is 0 Å². The molecule has 0 radical (unpaired) electrons. The maximum Gasteiger partial charge on any atom is 0.263 e. The second kappa shape index (κ2) is 5.61. The fraction of sp³-hybridized carbons (Fsp3) is 0.0909. The van der Waals surface area contributed by atoms with Crippen molar-refractivity contribution in [1.82, 2.24) is 9.97 Å². The molecule has 0 saturated carbocycles. The number of hydrogen-bond acceptors (Lipinski definition) is 6.